The van der Waals surface area contributed by atoms with E-state index < -0.39 is 5.82 Å². The molecule has 0 atom stereocenters. The number of nitrogens with zero attached hydrogens (tertiary/aromatic N) is 6. The van der Waals surface area contributed by atoms with Gasteiger partial charge in [-0.1, -0.05) is 24.3 Å². The number of rotatable bonds is 5. The second-order valence-corrected chi connectivity index (χ2v) is 8.16. The topological polar surface area (TPSA) is 89.9 Å². The first-order valence-electron chi connectivity index (χ1n) is 10.6. The Morgan fingerprint density at radius 2 is 1.76 bits per heavy atom. The molecule has 3 aromatic heterocycles. The fourth-order valence-electron chi connectivity index (χ4n) is 3.71. The molecule has 0 aliphatic heterocycles. The predicted molar refractivity (Wildman–Crippen MR) is 125 cm³/mol. The number of likely N-dealkylation sites (N-methyl/N-ethyl adjacent to an activating group) is 1. The standard InChI is InChI=1S/C25H21FN6O2/c1-15-29-30-25(34-15)21-9-20-18(8-23(21)26)10-27-12-22(20)17-6-4-16(5-7-17)19-11-28-32(13-19)14-24(33)31(2)3/h4-13H,14H2,1-3H3. The molecular formula is C25H21FN6O2. The van der Waals surface area contributed by atoms with E-state index in [1.807, 2.05) is 30.5 Å². The number of carbonyl (C=O) groups excluding carboxylic acids is 1. The van der Waals surface area contributed by atoms with Crippen molar-refractivity contribution in [2.75, 3.05) is 14.1 Å². The zero-order valence-corrected chi connectivity index (χ0v) is 18.9. The Kier molecular flexibility index (Phi) is 5.37. The summed E-state index contributed by atoms with van der Waals surface area (Å²) in [5, 5.41) is 13.5. The van der Waals surface area contributed by atoms with Crippen molar-refractivity contribution in [3.05, 3.63) is 72.9 Å². The summed E-state index contributed by atoms with van der Waals surface area (Å²) in [5.74, 6) is 0.0318. The molecule has 9 heteroatoms. The van der Waals surface area contributed by atoms with Gasteiger partial charge in [0.2, 0.25) is 11.8 Å². The van der Waals surface area contributed by atoms with E-state index in [4.69, 9.17) is 4.42 Å². The van der Waals surface area contributed by atoms with Gasteiger partial charge in [-0.05, 0) is 28.6 Å². The highest BCUT2D eigenvalue weighted by molar-refractivity contribution is 5.98. The number of amides is 1. The minimum Gasteiger partial charge on any atom is -0.421 e. The van der Waals surface area contributed by atoms with Crippen LogP contribution in [-0.2, 0) is 11.3 Å². The molecule has 0 saturated carbocycles. The van der Waals surface area contributed by atoms with Crippen molar-refractivity contribution < 1.29 is 13.6 Å². The molecule has 5 aromatic rings. The third-order valence-corrected chi connectivity index (χ3v) is 5.56. The van der Waals surface area contributed by atoms with Crippen LogP contribution >= 0.6 is 0 Å². The molecule has 0 spiro atoms. The van der Waals surface area contributed by atoms with Gasteiger partial charge in [0.25, 0.3) is 5.89 Å². The van der Waals surface area contributed by atoms with Crippen LogP contribution in [0.1, 0.15) is 5.89 Å². The number of hydrogen-bond acceptors (Lipinski definition) is 6. The lowest BCUT2D eigenvalue weighted by molar-refractivity contribution is -0.129. The van der Waals surface area contributed by atoms with Crippen molar-refractivity contribution in [3.63, 3.8) is 0 Å². The maximum Gasteiger partial charge on any atom is 0.250 e. The number of aryl methyl sites for hydroxylation is 1. The van der Waals surface area contributed by atoms with Gasteiger partial charge in [0, 0.05) is 56.1 Å². The Morgan fingerprint density at radius 1 is 1.00 bits per heavy atom. The molecule has 170 valence electrons. The monoisotopic (exact) mass is 456 g/mol. The number of carbonyl (C=O) groups is 1. The van der Waals surface area contributed by atoms with Crippen LogP contribution in [0.15, 0.2) is 65.6 Å². The largest absolute Gasteiger partial charge is 0.421 e. The number of benzene rings is 2. The van der Waals surface area contributed by atoms with Crippen LogP contribution in [0.2, 0.25) is 0 Å². The molecule has 3 heterocycles. The predicted octanol–water partition coefficient (Wildman–Crippen LogP) is 4.35. The van der Waals surface area contributed by atoms with Crippen LogP contribution in [0.3, 0.4) is 0 Å². The summed E-state index contributed by atoms with van der Waals surface area (Å²) in [6, 6.07) is 11.1. The van der Waals surface area contributed by atoms with Gasteiger partial charge in [-0.25, -0.2) is 4.39 Å². The third kappa shape index (κ3) is 4.03. The fourth-order valence-corrected chi connectivity index (χ4v) is 3.71. The number of pyridine rings is 1. The van der Waals surface area contributed by atoms with Crippen molar-refractivity contribution in [3.8, 4) is 33.7 Å². The highest BCUT2D eigenvalue weighted by atomic mass is 19.1. The quantitative estimate of drug-likeness (QED) is 0.391. The normalized spacial score (nSPS) is 11.2. The van der Waals surface area contributed by atoms with Crippen molar-refractivity contribution >= 4 is 16.7 Å². The van der Waals surface area contributed by atoms with E-state index in [-0.39, 0.29) is 23.9 Å². The minimum absolute atomic E-state index is 0.0278. The lowest BCUT2D eigenvalue weighted by Crippen LogP contribution is -2.26. The summed E-state index contributed by atoms with van der Waals surface area (Å²) < 4.78 is 21.8. The second kappa shape index (κ2) is 8.51. The zero-order valence-electron chi connectivity index (χ0n) is 18.9. The van der Waals surface area contributed by atoms with Gasteiger partial charge in [0.15, 0.2) is 0 Å². The number of hydrogen-bond donors (Lipinski definition) is 0. The Hall–Kier alpha value is -4.40. The van der Waals surface area contributed by atoms with E-state index in [0.29, 0.717) is 11.3 Å². The van der Waals surface area contributed by atoms with E-state index in [2.05, 4.69) is 20.3 Å². The van der Waals surface area contributed by atoms with Crippen LogP contribution in [-0.4, -0.2) is 49.9 Å². The van der Waals surface area contributed by atoms with E-state index in [1.54, 1.807) is 50.4 Å². The average Bonchev–Trinajstić information content (AvgIpc) is 3.47. The summed E-state index contributed by atoms with van der Waals surface area (Å²) in [5.41, 5.74) is 3.90. The highest BCUT2D eigenvalue weighted by Crippen LogP contribution is 2.34. The maximum atomic E-state index is 14.7. The van der Waals surface area contributed by atoms with Crippen LogP contribution in [0.5, 0.6) is 0 Å². The van der Waals surface area contributed by atoms with Gasteiger partial charge in [-0.3, -0.25) is 14.5 Å². The van der Waals surface area contributed by atoms with Crippen LogP contribution in [0.4, 0.5) is 4.39 Å². The first-order chi connectivity index (χ1) is 16.4. The summed E-state index contributed by atoms with van der Waals surface area (Å²) in [6.45, 7) is 1.85. The van der Waals surface area contributed by atoms with Gasteiger partial charge in [0.05, 0.1) is 11.8 Å². The summed E-state index contributed by atoms with van der Waals surface area (Å²) in [7, 11) is 3.43. The van der Waals surface area contributed by atoms with Gasteiger partial charge in [0.1, 0.15) is 12.4 Å². The van der Waals surface area contributed by atoms with Gasteiger partial charge >= 0.3 is 0 Å². The smallest absolute Gasteiger partial charge is 0.250 e. The number of halogens is 1. The molecule has 0 N–H and O–H groups in total. The van der Waals surface area contributed by atoms with Crippen LogP contribution in [0, 0.1) is 12.7 Å². The highest BCUT2D eigenvalue weighted by Gasteiger charge is 2.16. The molecule has 0 unspecified atom stereocenters. The number of aromatic nitrogens is 5. The van der Waals surface area contributed by atoms with Gasteiger partial charge in [-0.15, -0.1) is 10.2 Å². The maximum absolute atomic E-state index is 14.7. The Bertz CT molecular complexity index is 1500. The molecule has 0 aliphatic carbocycles. The molecule has 5 rings (SSSR count). The van der Waals surface area contributed by atoms with Crippen LogP contribution in [0.25, 0.3) is 44.5 Å². The Morgan fingerprint density at radius 3 is 2.47 bits per heavy atom. The third-order valence-electron chi connectivity index (χ3n) is 5.56. The molecule has 0 bridgehead atoms. The van der Waals surface area contributed by atoms with E-state index in [0.717, 1.165) is 27.6 Å². The molecule has 0 saturated heterocycles. The van der Waals surface area contributed by atoms with E-state index in [1.165, 1.54) is 11.0 Å². The van der Waals surface area contributed by atoms with Gasteiger partial charge in [-0.2, -0.15) is 5.10 Å². The summed E-state index contributed by atoms with van der Waals surface area (Å²) in [4.78, 5) is 17.8. The first-order valence-corrected chi connectivity index (χ1v) is 10.6. The van der Waals surface area contributed by atoms with Crippen molar-refractivity contribution in [1.82, 2.24) is 29.9 Å². The fraction of sp³-hybridized carbons (Fsp3) is 0.160. The first kappa shape index (κ1) is 21.4. The molecule has 0 fully saturated rings. The van der Waals surface area contributed by atoms with E-state index in [9.17, 15) is 9.18 Å². The lowest BCUT2D eigenvalue weighted by atomic mass is 9.97. The minimum atomic E-state index is -0.449. The van der Waals surface area contributed by atoms with Crippen LogP contribution < -0.4 is 0 Å². The van der Waals surface area contributed by atoms with Crippen molar-refractivity contribution in [1.29, 1.82) is 0 Å². The molecule has 0 aliphatic rings. The molecular weight excluding hydrogens is 435 g/mol. The summed E-state index contributed by atoms with van der Waals surface area (Å²) >= 11 is 0. The Labute approximate surface area is 194 Å². The molecule has 2 aromatic carbocycles. The van der Waals surface area contributed by atoms with Gasteiger partial charge < -0.3 is 9.32 Å². The average molecular weight is 456 g/mol. The van der Waals surface area contributed by atoms with Crippen molar-refractivity contribution in [2.45, 2.75) is 13.5 Å². The van der Waals surface area contributed by atoms with Crippen molar-refractivity contribution in [2.24, 2.45) is 0 Å². The molecule has 1 amide bonds. The number of fused-ring (bicyclic) bond motifs is 1. The molecule has 34 heavy (non-hydrogen) atoms. The SMILES string of the molecule is Cc1nnc(-c2cc3c(-c4ccc(-c5cnn(CC(=O)N(C)C)c5)cc4)cncc3cc2F)o1. The Balaban J connectivity index is 1.49. The lowest BCUT2D eigenvalue weighted by Gasteiger charge is -2.10. The second-order valence-electron chi connectivity index (χ2n) is 8.16. The summed E-state index contributed by atoms with van der Waals surface area (Å²) in [6.07, 6.45) is 6.96. The zero-order chi connectivity index (χ0) is 23.8. The molecule has 8 nitrogen and oxygen atoms in total. The van der Waals surface area contributed by atoms with E-state index >= 15 is 0 Å². The molecule has 0 radical (unpaired) electrons.